The van der Waals surface area contributed by atoms with Gasteiger partial charge in [0.15, 0.2) is 0 Å². The van der Waals surface area contributed by atoms with Crippen molar-refractivity contribution in [1.29, 1.82) is 0 Å². The standard InChI is InChI=1S/C17H24FN3/c1-4-8-19-11-14-10-15(18)6-7-16(14)17-12-20-21(9-5-2)13(17)3/h6-7,10,12,19H,4-5,8-9,11H2,1-3H3. The third-order valence-corrected chi connectivity index (χ3v) is 3.64. The van der Waals surface area contributed by atoms with Crippen molar-refractivity contribution in [3.8, 4) is 11.1 Å². The Kier molecular flexibility index (Phi) is 5.51. The molecule has 0 unspecified atom stereocenters. The highest BCUT2D eigenvalue weighted by atomic mass is 19.1. The van der Waals surface area contributed by atoms with Gasteiger partial charge in [-0.1, -0.05) is 19.9 Å². The molecule has 1 N–H and O–H groups in total. The number of halogens is 1. The van der Waals surface area contributed by atoms with Crippen LogP contribution in [-0.4, -0.2) is 16.3 Å². The van der Waals surface area contributed by atoms with Gasteiger partial charge in [-0.15, -0.1) is 0 Å². The molecule has 0 atom stereocenters. The Morgan fingerprint density at radius 1 is 1.19 bits per heavy atom. The molecule has 3 nitrogen and oxygen atoms in total. The molecule has 0 saturated carbocycles. The Balaban J connectivity index is 2.34. The summed E-state index contributed by atoms with van der Waals surface area (Å²) in [5.74, 6) is -0.189. The normalized spacial score (nSPS) is 11.0. The molecule has 0 radical (unpaired) electrons. The van der Waals surface area contributed by atoms with Crippen LogP contribution < -0.4 is 5.32 Å². The number of aromatic nitrogens is 2. The smallest absolute Gasteiger partial charge is 0.123 e. The average molecular weight is 289 g/mol. The average Bonchev–Trinajstić information content (AvgIpc) is 2.82. The highest BCUT2D eigenvalue weighted by molar-refractivity contribution is 5.69. The molecule has 0 aliphatic rings. The SMILES string of the molecule is CCCNCc1cc(F)ccc1-c1cnn(CCC)c1C. The quantitative estimate of drug-likeness (QED) is 0.783. The van der Waals surface area contributed by atoms with Crippen molar-refractivity contribution in [3.05, 3.63) is 41.5 Å². The summed E-state index contributed by atoms with van der Waals surface area (Å²) in [6.07, 6.45) is 4.01. The van der Waals surface area contributed by atoms with E-state index in [-0.39, 0.29) is 5.82 Å². The molecule has 4 heteroatoms. The highest BCUT2D eigenvalue weighted by Crippen LogP contribution is 2.27. The zero-order chi connectivity index (χ0) is 15.2. The van der Waals surface area contributed by atoms with Gasteiger partial charge in [0.25, 0.3) is 0 Å². The summed E-state index contributed by atoms with van der Waals surface area (Å²) in [6, 6.07) is 5.00. The molecule has 0 aliphatic carbocycles. The summed E-state index contributed by atoms with van der Waals surface area (Å²) in [6.45, 7) is 8.86. The van der Waals surface area contributed by atoms with Crippen LogP contribution in [0.4, 0.5) is 4.39 Å². The molecular weight excluding hydrogens is 265 g/mol. The van der Waals surface area contributed by atoms with E-state index in [9.17, 15) is 4.39 Å². The minimum Gasteiger partial charge on any atom is -0.313 e. The molecular formula is C17H24FN3. The largest absolute Gasteiger partial charge is 0.313 e. The molecule has 21 heavy (non-hydrogen) atoms. The van der Waals surface area contributed by atoms with Crippen LogP contribution in [-0.2, 0) is 13.1 Å². The highest BCUT2D eigenvalue weighted by Gasteiger charge is 2.12. The molecule has 2 rings (SSSR count). The third kappa shape index (κ3) is 3.70. The van der Waals surface area contributed by atoms with Crippen LogP contribution in [0.1, 0.15) is 37.9 Å². The zero-order valence-corrected chi connectivity index (χ0v) is 13.1. The summed E-state index contributed by atoms with van der Waals surface area (Å²) in [7, 11) is 0. The number of nitrogens with one attached hydrogen (secondary N) is 1. The van der Waals surface area contributed by atoms with Gasteiger partial charge in [0, 0.05) is 24.3 Å². The summed E-state index contributed by atoms with van der Waals surface area (Å²) < 4.78 is 15.6. The number of benzene rings is 1. The van der Waals surface area contributed by atoms with Gasteiger partial charge in [-0.3, -0.25) is 4.68 Å². The van der Waals surface area contributed by atoms with Crippen LogP contribution >= 0.6 is 0 Å². The second-order valence-corrected chi connectivity index (χ2v) is 5.35. The lowest BCUT2D eigenvalue weighted by Crippen LogP contribution is -2.14. The number of nitrogens with zero attached hydrogens (tertiary/aromatic N) is 2. The van der Waals surface area contributed by atoms with E-state index in [0.717, 1.165) is 48.3 Å². The van der Waals surface area contributed by atoms with Crippen molar-refractivity contribution in [2.24, 2.45) is 0 Å². The number of hydrogen-bond donors (Lipinski definition) is 1. The summed E-state index contributed by atoms with van der Waals surface area (Å²) in [5, 5.41) is 7.79. The monoisotopic (exact) mass is 289 g/mol. The minimum atomic E-state index is -0.189. The van der Waals surface area contributed by atoms with Crippen LogP contribution in [0, 0.1) is 12.7 Å². The van der Waals surface area contributed by atoms with E-state index in [2.05, 4.69) is 31.2 Å². The Labute approximate surface area is 126 Å². The zero-order valence-electron chi connectivity index (χ0n) is 13.1. The summed E-state index contributed by atoms with van der Waals surface area (Å²) in [5.41, 5.74) is 4.29. The first-order valence-corrected chi connectivity index (χ1v) is 7.69. The van der Waals surface area contributed by atoms with Crippen LogP contribution in [0.15, 0.2) is 24.4 Å². The Bertz CT molecular complexity index is 590. The maximum absolute atomic E-state index is 13.5. The molecule has 1 aromatic carbocycles. The topological polar surface area (TPSA) is 29.9 Å². The Hall–Kier alpha value is -1.68. The van der Waals surface area contributed by atoms with E-state index >= 15 is 0 Å². The molecule has 0 bridgehead atoms. The predicted molar refractivity (Wildman–Crippen MR) is 84.6 cm³/mol. The minimum absolute atomic E-state index is 0.189. The third-order valence-electron chi connectivity index (χ3n) is 3.64. The molecule has 0 spiro atoms. The van der Waals surface area contributed by atoms with Crippen molar-refractivity contribution in [1.82, 2.24) is 15.1 Å². The van der Waals surface area contributed by atoms with Crippen molar-refractivity contribution in [2.45, 2.75) is 46.7 Å². The second kappa shape index (κ2) is 7.36. The molecule has 0 amide bonds. The Morgan fingerprint density at radius 3 is 2.71 bits per heavy atom. The molecule has 2 aromatic rings. The summed E-state index contributed by atoms with van der Waals surface area (Å²) >= 11 is 0. The Morgan fingerprint density at radius 2 is 2.00 bits per heavy atom. The van der Waals surface area contributed by atoms with Gasteiger partial charge in [0.1, 0.15) is 5.82 Å². The molecule has 0 saturated heterocycles. The van der Waals surface area contributed by atoms with Gasteiger partial charge in [-0.05, 0) is 49.6 Å². The fourth-order valence-corrected chi connectivity index (χ4v) is 2.52. The van der Waals surface area contributed by atoms with Crippen molar-refractivity contribution < 1.29 is 4.39 Å². The maximum Gasteiger partial charge on any atom is 0.123 e. The first kappa shape index (κ1) is 15.7. The lowest BCUT2D eigenvalue weighted by Gasteiger charge is -2.11. The van der Waals surface area contributed by atoms with E-state index in [0.29, 0.717) is 6.54 Å². The fraction of sp³-hybridized carbons (Fsp3) is 0.471. The first-order valence-electron chi connectivity index (χ1n) is 7.69. The lowest BCUT2D eigenvalue weighted by atomic mass is 10.00. The fourth-order valence-electron chi connectivity index (χ4n) is 2.52. The summed E-state index contributed by atoms with van der Waals surface area (Å²) in [4.78, 5) is 0. The van der Waals surface area contributed by atoms with Crippen LogP contribution in [0.5, 0.6) is 0 Å². The molecule has 114 valence electrons. The lowest BCUT2D eigenvalue weighted by molar-refractivity contribution is 0.587. The number of aryl methyl sites for hydroxylation is 1. The van der Waals surface area contributed by atoms with E-state index < -0.39 is 0 Å². The van der Waals surface area contributed by atoms with Crippen molar-refractivity contribution >= 4 is 0 Å². The second-order valence-electron chi connectivity index (χ2n) is 5.35. The maximum atomic E-state index is 13.5. The molecule has 0 fully saturated rings. The molecule has 1 aromatic heterocycles. The van der Waals surface area contributed by atoms with Crippen LogP contribution in [0.2, 0.25) is 0 Å². The number of rotatable bonds is 7. The first-order chi connectivity index (χ1) is 10.2. The van der Waals surface area contributed by atoms with Crippen molar-refractivity contribution in [2.75, 3.05) is 6.54 Å². The van der Waals surface area contributed by atoms with Gasteiger partial charge in [-0.2, -0.15) is 5.10 Å². The van der Waals surface area contributed by atoms with E-state index in [4.69, 9.17) is 0 Å². The van der Waals surface area contributed by atoms with E-state index in [1.807, 2.05) is 16.9 Å². The van der Waals surface area contributed by atoms with Crippen LogP contribution in [0.25, 0.3) is 11.1 Å². The van der Waals surface area contributed by atoms with Gasteiger partial charge >= 0.3 is 0 Å². The van der Waals surface area contributed by atoms with Gasteiger partial charge in [-0.25, -0.2) is 4.39 Å². The molecule has 0 aliphatic heterocycles. The van der Waals surface area contributed by atoms with E-state index in [1.165, 1.54) is 6.07 Å². The van der Waals surface area contributed by atoms with Gasteiger partial charge in [0.05, 0.1) is 6.20 Å². The van der Waals surface area contributed by atoms with Gasteiger partial charge in [0.2, 0.25) is 0 Å². The molecule has 1 heterocycles. The number of hydrogen-bond acceptors (Lipinski definition) is 2. The van der Waals surface area contributed by atoms with Gasteiger partial charge < -0.3 is 5.32 Å². The van der Waals surface area contributed by atoms with Crippen LogP contribution in [0.3, 0.4) is 0 Å². The van der Waals surface area contributed by atoms with E-state index in [1.54, 1.807) is 6.07 Å². The van der Waals surface area contributed by atoms with Crippen molar-refractivity contribution in [3.63, 3.8) is 0 Å². The predicted octanol–water partition coefficient (Wildman–Crippen LogP) is 3.91.